The molecule has 0 aliphatic heterocycles. The number of anilines is 2. The number of allylic oxidation sites excluding steroid dienone is 2. The number of aromatic hydroxyl groups is 1. The number of nitrogens with zero attached hydrogens (tertiary/aromatic N) is 1. The number of carbonyl (C=O) groups excluding carboxylic acids is 2. The number of amides is 1. The van der Waals surface area contributed by atoms with E-state index in [1.165, 1.54) is 6.08 Å². The lowest BCUT2D eigenvalue weighted by atomic mass is 10.0. The normalized spacial score (nSPS) is 14.9. The van der Waals surface area contributed by atoms with Gasteiger partial charge in [0, 0.05) is 11.1 Å². The molecule has 3 aromatic carbocycles. The fraction of sp³-hybridized carbons (Fsp3) is 0.0870. The van der Waals surface area contributed by atoms with Crippen LogP contribution in [0.3, 0.4) is 0 Å². The Bertz CT molecular complexity index is 1150. The van der Waals surface area contributed by atoms with Crippen molar-refractivity contribution in [1.82, 2.24) is 0 Å². The van der Waals surface area contributed by atoms with E-state index in [1.54, 1.807) is 18.2 Å². The van der Waals surface area contributed by atoms with E-state index in [1.807, 2.05) is 48.5 Å². The molecule has 29 heavy (non-hydrogen) atoms. The van der Waals surface area contributed by atoms with Gasteiger partial charge in [0.05, 0.1) is 5.56 Å². The Morgan fingerprint density at radius 1 is 1.03 bits per heavy atom. The molecule has 1 aliphatic carbocycles. The van der Waals surface area contributed by atoms with Crippen molar-refractivity contribution >= 4 is 39.5 Å². The molecular formula is C23H19N3O3. The highest BCUT2D eigenvalue weighted by Crippen LogP contribution is 2.36. The predicted molar refractivity (Wildman–Crippen MR) is 114 cm³/mol. The maximum Gasteiger partial charge on any atom is 0.259 e. The monoisotopic (exact) mass is 385 g/mol. The molecule has 144 valence electrons. The Hall–Kier alpha value is -3.93. The lowest BCUT2D eigenvalue weighted by molar-refractivity contribution is -0.109. The Labute approximate surface area is 167 Å². The summed E-state index contributed by atoms with van der Waals surface area (Å²) in [6, 6.07) is 18.0. The van der Waals surface area contributed by atoms with Crippen molar-refractivity contribution in [3.63, 3.8) is 0 Å². The molecule has 0 saturated carbocycles. The van der Waals surface area contributed by atoms with Crippen LogP contribution in [0.2, 0.25) is 0 Å². The summed E-state index contributed by atoms with van der Waals surface area (Å²) in [6.07, 6.45) is 4.56. The molecule has 6 nitrogen and oxygen atoms in total. The second-order valence-electron chi connectivity index (χ2n) is 6.66. The van der Waals surface area contributed by atoms with Gasteiger partial charge in [-0.25, -0.2) is 0 Å². The van der Waals surface area contributed by atoms with Crippen molar-refractivity contribution in [2.24, 2.45) is 5.10 Å². The second kappa shape index (κ2) is 7.98. The third-order valence-corrected chi connectivity index (χ3v) is 4.70. The standard InChI is InChI=1S/C23H19N3O3/c27-20-13-7-6-12-19(20)25-26-21-17-11-5-4-8-15(17)14-18(22(21)28)23(29)24-16-9-2-1-3-10-16/h1-5,7-11,13-14,26,28H,6,12H2,(H,24,29). The molecule has 1 aliphatic rings. The lowest BCUT2D eigenvalue weighted by Gasteiger charge is -2.14. The molecular weight excluding hydrogens is 366 g/mol. The molecule has 3 N–H and O–H groups in total. The smallest absolute Gasteiger partial charge is 0.259 e. The molecule has 0 atom stereocenters. The number of hydrogen-bond acceptors (Lipinski definition) is 5. The number of hydrazone groups is 1. The van der Waals surface area contributed by atoms with Crippen LogP contribution in [-0.4, -0.2) is 22.5 Å². The first-order chi connectivity index (χ1) is 14.1. The van der Waals surface area contributed by atoms with Crippen molar-refractivity contribution in [2.45, 2.75) is 12.8 Å². The van der Waals surface area contributed by atoms with Gasteiger partial charge in [-0.3, -0.25) is 15.0 Å². The minimum atomic E-state index is -0.438. The third kappa shape index (κ3) is 3.87. The van der Waals surface area contributed by atoms with Crippen LogP contribution in [0.1, 0.15) is 23.2 Å². The summed E-state index contributed by atoms with van der Waals surface area (Å²) in [5.74, 6) is -0.822. The van der Waals surface area contributed by atoms with E-state index in [-0.39, 0.29) is 22.8 Å². The van der Waals surface area contributed by atoms with Crippen LogP contribution in [0.4, 0.5) is 11.4 Å². The van der Waals surface area contributed by atoms with Gasteiger partial charge in [0.1, 0.15) is 11.4 Å². The van der Waals surface area contributed by atoms with Gasteiger partial charge in [0.25, 0.3) is 5.91 Å². The first-order valence-corrected chi connectivity index (χ1v) is 9.28. The average Bonchev–Trinajstić information content (AvgIpc) is 2.74. The van der Waals surface area contributed by atoms with Gasteiger partial charge in [0.2, 0.25) is 5.78 Å². The number of nitrogens with one attached hydrogen (secondary N) is 2. The van der Waals surface area contributed by atoms with Crippen LogP contribution in [0.5, 0.6) is 5.75 Å². The third-order valence-electron chi connectivity index (χ3n) is 4.70. The van der Waals surface area contributed by atoms with Gasteiger partial charge in [-0.05, 0) is 42.5 Å². The van der Waals surface area contributed by atoms with E-state index in [4.69, 9.17) is 0 Å². The van der Waals surface area contributed by atoms with Gasteiger partial charge < -0.3 is 10.4 Å². The molecule has 0 spiro atoms. The van der Waals surface area contributed by atoms with Crippen molar-refractivity contribution in [2.75, 3.05) is 10.7 Å². The Balaban J connectivity index is 1.74. The fourth-order valence-electron chi connectivity index (χ4n) is 3.21. The highest BCUT2D eigenvalue weighted by atomic mass is 16.3. The Morgan fingerprint density at radius 2 is 1.79 bits per heavy atom. The number of phenolic OH excluding ortho intramolecular Hbond substituents is 1. The van der Waals surface area contributed by atoms with E-state index in [2.05, 4.69) is 15.8 Å². The van der Waals surface area contributed by atoms with Crippen LogP contribution < -0.4 is 10.7 Å². The summed E-state index contributed by atoms with van der Waals surface area (Å²) in [6.45, 7) is 0. The number of para-hydroxylation sites is 1. The molecule has 0 aromatic heterocycles. The van der Waals surface area contributed by atoms with Crippen LogP contribution in [0.25, 0.3) is 10.8 Å². The maximum absolute atomic E-state index is 12.8. The first-order valence-electron chi connectivity index (χ1n) is 9.28. The van der Waals surface area contributed by atoms with Gasteiger partial charge in [0.15, 0.2) is 5.75 Å². The quantitative estimate of drug-likeness (QED) is 0.456. The second-order valence-corrected chi connectivity index (χ2v) is 6.66. The highest BCUT2D eigenvalue weighted by Gasteiger charge is 2.19. The van der Waals surface area contributed by atoms with Crippen molar-refractivity contribution in [1.29, 1.82) is 0 Å². The SMILES string of the molecule is O=C1C=CCCC1=NNc1c(O)c(C(=O)Nc2ccccc2)cc2ccccc12. The number of fused-ring (bicyclic) bond motifs is 1. The zero-order chi connectivity index (χ0) is 20.2. The van der Waals surface area contributed by atoms with Crippen molar-refractivity contribution in [3.05, 3.63) is 78.4 Å². The number of rotatable bonds is 4. The van der Waals surface area contributed by atoms with Crippen LogP contribution in [0.15, 0.2) is 77.9 Å². The molecule has 0 fully saturated rings. The Kier molecular flexibility index (Phi) is 5.07. The number of ketones is 1. The molecule has 3 aromatic rings. The van der Waals surface area contributed by atoms with Crippen molar-refractivity contribution in [3.8, 4) is 5.75 Å². The van der Waals surface area contributed by atoms with Crippen molar-refractivity contribution < 1.29 is 14.7 Å². The lowest BCUT2D eigenvalue weighted by Crippen LogP contribution is -2.16. The Morgan fingerprint density at radius 3 is 2.59 bits per heavy atom. The molecule has 0 radical (unpaired) electrons. The number of hydrogen-bond donors (Lipinski definition) is 3. The molecule has 0 unspecified atom stereocenters. The molecule has 0 heterocycles. The first kappa shape index (κ1) is 18.4. The van der Waals surface area contributed by atoms with E-state index in [0.717, 1.165) is 11.8 Å². The largest absolute Gasteiger partial charge is 0.505 e. The van der Waals surface area contributed by atoms with Gasteiger partial charge >= 0.3 is 0 Å². The number of carbonyl (C=O) groups is 2. The topological polar surface area (TPSA) is 90.8 Å². The minimum Gasteiger partial charge on any atom is -0.505 e. The van der Waals surface area contributed by atoms with Crippen LogP contribution in [-0.2, 0) is 4.79 Å². The number of phenols is 1. The molecule has 0 saturated heterocycles. The summed E-state index contributed by atoms with van der Waals surface area (Å²) in [5.41, 5.74) is 4.23. The predicted octanol–water partition coefficient (Wildman–Crippen LogP) is 4.48. The molecule has 1 amide bonds. The minimum absolute atomic E-state index is 0.116. The molecule has 6 heteroatoms. The highest BCUT2D eigenvalue weighted by molar-refractivity contribution is 6.44. The van der Waals surface area contributed by atoms with Gasteiger partial charge in [-0.1, -0.05) is 48.5 Å². The zero-order valence-electron chi connectivity index (χ0n) is 15.6. The van der Waals surface area contributed by atoms with E-state index in [0.29, 0.717) is 23.2 Å². The maximum atomic E-state index is 12.8. The van der Waals surface area contributed by atoms with Gasteiger partial charge in [-0.2, -0.15) is 5.10 Å². The summed E-state index contributed by atoms with van der Waals surface area (Å²) >= 11 is 0. The van der Waals surface area contributed by atoms with Crippen LogP contribution in [0, 0.1) is 0 Å². The summed E-state index contributed by atoms with van der Waals surface area (Å²) < 4.78 is 0. The van der Waals surface area contributed by atoms with Crippen LogP contribution >= 0.6 is 0 Å². The zero-order valence-corrected chi connectivity index (χ0v) is 15.6. The average molecular weight is 385 g/mol. The summed E-state index contributed by atoms with van der Waals surface area (Å²) in [4.78, 5) is 24.7. The van der Waals surface area contributed by atoms with E-state index < -0.39 is 5.91 Å². The van der Waals surface area contributed by atoms with Gasteiger partial charge in [-0.15, -0.1) is 0 Å². The molecule has 0 bridgehead atoms. The summed E-state index contributed by atoms with van der Waals surface area (Å²) in [5, 5.41) is 19.3. The fourth-order valence-corrected chi connectivity index (χ4v) is 3.21. The number of benzene rings is 3. The van der Waals surface area contributed by atoms with E-state index >= 15 is 0 Å². The van der Waals surface area contributed by atoms with E-state index in [9.17, 15) is 14.7 Å². The summed E-state index contributed by atoms with van der Waals surface area (Å²) in [7, 11) is 0. The molecule has 4 rings (SSSR count).